The molecule has 298 valence electrons. The van der Waals surface area contributed by atoms with Gasteiger partial charge in [-0.1, -0.05) is 58.9 Å². The van der Waals surface area contributed by atoms with Crippen molar-refractivity contribution in [1.29, 1.82) is 0 Å². The molecule has 10 atom stereocenters. The molecule has 2 amide bonds. The number of hydrogen-bond acceptors (Lipinski definition) is 6. The number of carbonyl (C=O) groups excluding carboxylic acids is 3. The van der Waals surface area contributed by atoms with Gasteiger partial charge in [0.2, 0.25) is 5.91 Å². The summed E-state index contributed by atoms with van der Waals surface area (Å²) in [5.41, 5.74) is 3.62. The van der Waals surface area contributed by atoms with Crippen molar-refractivity contribution in [1.82, 2.24) is 15.6 Å². The number of ether oxygens (including phenoxy) is 1. The molecule has 5 saturated carbocycles. The van der Waals surface area contributed by atoms with E-state index in [2.05, 4.69) is 63.7 Å². The molecule has 2 aromatic rings. The van der Waals surface area contributed by atoms with E-state index < -0.39 is 5.97 Å². The first kappa shape index (κ1) is 39.7. The Morgan fingerprint density at radius 3 is 2.42 bits per heavy atom. The average Bonchev–Trinajstić information content (AvgIpc) is 3.57. The lowest BCUT2D eigenvalue weighted by atomic mass is 9.32. The molecule has 1 aromatic carbocycles. The van der Waals surface area contributed by atoms with Crippen LogP contribution in [0.1, 0.15) is 138 Å². The van der Waals surface area contributed by atoms with Crippen molar-refractivity contribution in [2.75, 3.05) is 13.7 Å². The SMILES string of the molecule is C=C(C)[C@@H]1CC[C@]2(C(=O)NCCc3cccc(C(=O)NCc4ncccc4C(=O)OC)c3)CC[C@]3(C)C(CCC4[C@@]5(C)CC[C@H](O)C(C)(C)C5CC[C@]43C)C12. The molecule has 5 aliphatic rings. The normalized spacial score (nSPS) is 37.3. The summed E-state index contributed by atoms with van der Waals surface area (Å²) in [6.07, 6.45) is 12.7. The number of fused-ring (bicyclic) bond motifs is 7. The summed E-state index contributed by atoms with van der Waals surface area (Å²) in [6, 6.07) is 10.8. The van der Waals surface area contributed by atoms with Crippen LogP contribution >= 0.6 is 0 Å². The largest absolute Gasteiger partial charge is 0.465 e. The van der Waals surface area contributed by atoms with Gasteiger partial charge in [-0.3, -0.25) is 14.6 Å². The molecule has 5 aliphatic carbocycles. The van der Waals surface area contributed by atoms with Gasteiger partial charge in [0.15, 0.2) is 0 Å². The Morgan fingerprint density at radius 1 is 0.891 bits per heavy atom. The number of rotatable bonds is 9. The highest BCUT2D eigenvalue weighted by Gasteiger charge is 2.71. The van der Waals surface area contributed by atoms with Crippen LogP contribution in [0.25, 0.3) is 0 Å². The van der Waals surface area contributed by atoms with Crippen molar-refractivity contribution in [2.45, 2.75) is 125 Å². The molecular formula is C47H65N3O5. The van der Waals surface area contributed by atoms with Crippen molar-refractivity contribution in [3.63, 3.8) is 0 Å². The quantitative estimate of drug-likeness (QED) is 0.175. The first-order valence-corrected chi connectivity index (χ1v) is 21.0. The molecule has 8 nitrogen and oxygen atoms in total. The van der Waals surface area contributed by atoms with Crippen LogP contribution in [0.3, 0.4) is 0 Å². The maximum Gasteiger partial charge on any atom is 0.339 e. The number of aliphatic hydroxyl groups excluding tert-OH is 1. The smallest absolute Gasteiger partial charge is 0.339 e. The molecule has 8 heteroatoms. The lowest BCUT2D eigenvalue weighted by Crippen LogP contribution is -2.67. The van der Waals surface area contributed by atoms with E-state index in [9.17, 15) is 19.5 Å². The number of allylic oxidation sites excluding steroid dienone is 1. The number of aromatic nitrogens is 1. The van der Waals surface area contributed by atoms with Crippen LogP contribution in [0, 0.1) is 56.7 Å². The Hall–Kier alpha value is -3.52. The van der Waals surface area contributed by atoms with Gasteiger partial charge in [-0.05, 0) is 159 Å². The van der Waals surface area contributed by atoms with Gasteiger partial charge in [0.25, 0.3) is 5.91 Å². The second-order valence-corrected chi connectivity index (χ2v) is 19.6. The van der Waals surface area contributed by atoms with Crippen molar-refractivity contribution in [3.05, 3.63) is 77.1 Å². The molecule has 7 rings (SSSR count). The van der Waals surface area contributed by atoms with Crippen molar-refractivity contribution >= 4 is 17.8 Å². The second-order valence-electron chi connectivity index (χ2n) is 19.6. The molecular weight excluding hydrogens is 687 g/mol. The minimum Gasteiger partial charge on any atom is -0.465 e. The van der Waals surface area contributed by atoms with Gasteiger partial charge in [-0.15, -0.1) is 0 Å². The van der Waals surface area contributed by atoms with Crippen LogP contribution in [0.15, 0.2) is 54.7 Å². The number of aliphatic hydroxyl groups is 1. The molecule has 0 bridgehead atoms. The number of nitrogens with zero attached hydrogens (tertiary/aromatic N) is 1. The second kappa shape index (κ2) is 14.5. The minimum atomic E-state index is -0.494. The number of benzene rings is 1. The highest BCUT2D eigenvalue weighted by atomic mass is 16.5. The van der Waals surface area contributed by atoms with Gasteiger partial charge in [0, 0.05) is 18.3 Å². The zero-order valence-electron chi connectivity index (χ0n) is 34.4. The predicted octanol–water partition coefficient (Wildman–Crippen LogP) is 8.48. The lowest BCUT2D eigenvalue weighted by Gasteiger charge is -2.72. The predicted molar refractivity (Wildman–Crippen MR) is 215 cm³/mol. The number of amides is 2. The van der Waals surface area contributed by atoms with E-state index in [0.717, 1.165) is 44.1 Å². The Morgan fingerprint density at radius 2 is 1.67 bits per heavy atom. The minimum absolute atomic E-state index is 0.0620. The third-order valence-corrected chi connectivity index (χ3v) is 17.1. The summed E-state index contributed by atoms with van der Waals surface area (Å²) < 4.78 is 4.86. The molecule has 0 spiro atoms. The first-order chi connectivity index (χ1) is 26.0. The molecule has 5 fully saturated rings. The monoisotopic (exact) mass is 751 g/mol. The van der Waals surface area contributed by atoms with Gasteiger partial charge < -0.3 is 20.5 Å². The average molecular weight is 752 g/mol. The summed E-state index contributed by atoms with van der Waals surface area (Å²) in [7, 11) is 1.32. The van der Waals surface area contributed by atoms with E-state index in [1.165, 1.54) is 38.4 Å². The highest BCUT2D eigenvalue weighted by Crippen LogP contribution is 2.77. The topological polar surface area (TPSA) is 118 Å². The molecule has 0 saturated heterocycles. The van der Waals surface area contributed by atoms with E-state index in [4.69, 9.17) is 4.74 Å². The third kappa shape index (κ3) is 6.28. The number of pyridine rings is 1. The fourth-order valence-electron chi connectivity index (χ4n) is 14.0. The van der Waals surface area contributed by atoms with Crippen LogP contribution < -0.4 is 10.6 Å². The Bertz CT molecular complexity index is 1840. The van der Waals surface area contributed by atoms with Crippen molar-refractivity contribution < 1.29 is 24.2 Å². The van der Waals surface area contributed by atoms with Gasteiger partial charge in [-0.25, -0.2) is 4.79 Å². The number of hydrogen-bond donors (Lipinski definition) is 3. The number of nitrogens with one attached hydrogen (secondary N) is 2. The lowest BCUT2D eigenvalue weighted by molar-refractivity contribution is -0.246. The highest BCUT2D eigenvalue weighted by molar-refractivity contribution is 5.95. The molecule has 1 aromatic heterocycles. The van der Waals surface area contributed by atoms with Gasteiger partial charge >= 0.3 is 5.97 Å². The van der Waals surface area contributed by atoms with Crippen LogP contribution in [-0.4, -0.2) is 47.6 Å². The third-order valence-electron chi connectivity index (χ3n) is 17.1. The van der Waals surface area contributed by atoms with E-state index in [1.54, 1.807) is 24.4 Å². The fourth-order valence-corrected chi connectivity index (χ4v) is 14.0. The number of methoxy groups -OCH3 is 1. The summed E-state index contributed by atoms with van der Waals surface area (Å²) in [5, 5.41) is 17.4. The van der Waals surface area contributed by atoms with Crippen LogP contribution in [0.4, 0.5) is 0 Å². The zero-order valence-corrected chi connectivity index (χ0v) is 34.4. The molecule has 0 aliphatic heterocycles. The number of esters is 1. The van der Waals surface area contributed by atoms with Gasteiger partial charge in [0.05, 0.1) is 36.4 Å². The van der Waals surface area contributed by atoms with Crippen LogP contribution in [0.5, 0.6) is 0 Å². The summed E-state index contributed by atoms with van der Waals surface area (Å²) in [6.45, 7) is 19.8. The Kier molecular flexibility index (Phi) is 10.4. The van der Waals surface area contributed by atoms with E-state index in [1.807, 2.05) is 18.2 Å². The standard InChI is InChI=1S/C47H65N3O5/c1-29(2)32-16-22-47(42(54)49-26-19-30-11-9-12-31(27-30)40(52)50-28-35-33(41(53)55-8)13-10-25-48-35)24-23-45(6)34(39(32)47)14-15-37-44(5)20-18-38(51)43(3,4)36(44)17-21-46(37,45)7/h9-13,25,27,32,34,36-39,51H,1,14-24,26,28H2,2-8H3,(H,49,54)(H,50,52)/t32-,34?,36?,37?,38-,39?,44-,45+,46+,47-/m0/s1. The van der Waals surface area contributed by atoms with E-state index in [0.29, 0.717) is 59.4 Å². The van der Waals surface area contributed by atoms with Gasteiger partial charge in [0.1, 0.15) is 0 Å². The number of carbonyl (C=O) groups is 3. The Labute approximate surface area is 329 Å². The molecule has 0 radical (unpaired) electrons. The molecule has 55 heavy (non-hydrogen) atoms. The maximum absolute atomic E-state index is 14.7. The van der Waals surface area contributed by atoms with Crippen molar-refractivity contribution in [3.8, 4) is 0 Å². The first-order valence-electron chi connectivity index (χ1n) is 21.0. The zero-order chi connectivity index (χ0) is 39.6. The van der Waals surface area contributed by atoms with E-state index in [-0.39, 0.29) is 51.5 Å². The van der Waals surface area contributed by atoms with Gasteiger partial charge in [-0.2, -0.15) is 0 Å². The van der Waals surface area contributed by atoms with Crippen LogP contribution in [-0.2, 0) is 22.5 Å². The van der Waals surface area contributed by atoms with E-state index >= 15 is 0 Å². The van der Waals surface area contributed by atoms with Crippen LogP contribution in [0.2, 0.25) is 0 Å². The summed E-state index contributed by atoms with van der Waals surface area (Å²) >= 11 is 0. The fraction of sp³-hybridized carbons (Fsp3) is 0.660. The molecule has 1 heterocycles. The van der Waals surface area contributed by atoms with Crippen molar-refractivity contribution in [2.24, 2.45) is 56.7 Å². The molecule has 3 N–H and O–H groups in total. The summed E-state index contributed by atoms with van der Waals surface area (Å²) in [4.78, 5) is 44.2. The maximum atomic E-state index is 14.7. The molecule has 4 unspecified atom stereocenters. The Balaban J connectivity index is 1.04. The summed E-state index contributed by atoms with van der Waals surface area (Å²) in [5.74, 6) is 1.75.